The highest BCUT2D eigenvalue weighted by atomic mass is 35.5. The number of anilines is 1. The first-order chi connectivity index (χ1) is 14.6. The smallest absolute Gasteiger partial charge is 0.250 e. The Bertz CT molecular complexity index is 1140. The highest BCUT2D eigenvalue weighted by Crippen LogP contribution is 2.38. The lowest BCUT2D eigenvalue weighted by Crippen LogP contribution is -2.52. The molecular formula is C23H22ClN3O3. The van der Waals surface area contributed by atoms with Crippen LogP contribution in [0.4, 0.5) is 5.69 Å². The van der Waals surface area contributed by atoms with Gasteiger partial charge in [0.05, 0.1) is 18.2 Å². The largest absolute Gasteiger partial charge is 0.495 e. The van der Waals surface area contributed by atoms with Crippen LogP contribution in [0.3, 0.4) is 0 Å². The Labute approximate surface area is 179 Å². The summed E-state index contributed by atoms with van der Waals surface area (Å²) in [6.07, 6.45) is 3.69. The summed E-state index contributed by atoms with van der Waals surface area (Å²) < 4.78 is 5.19. The van der Waals surface area contributed by atoms with Crippen molar-refractivity contribution < 1.29 is 14.3 Å². The summed E-state index contributed by atoms with van der Waals surface area (Å²) in [6.45, 7) is 0.562. The van der Waals surface area contributed by atoms with E-state index >= 15 is 0 Å². The number of carbonyl (C=O) groups excluding carboxylic acids is 2. The molecule has 2 bridgehead atoms. The van der Waals surface area contributed by atoms with Crippen molar-refractivity contribution in [1.29, 1.82) is 0 Å². The van der Waals surface area contributed by atoms with Crippen LogP contribution in [0.15, 0.2) is 48.7 Å². The number of hydrogen-bond donors (Lipinski definition) is 1. The molecule has 0 radical (unpaired) electrons. The van der Waals surface area contributed by atoms with Crippen LogP contribution in [-0.4, -0.2) is 47.4 Å². The van der Waals surface area contributed by atoms with Crippen LogP contribution in [0.1, 0.15) is 18.4 Å². The Morgan fingerprint density at radius 2 is 2.10 bits per heavy atom. The molecule has 3 heterocycles. The first-order valence-electron chi connectivity index (χ1n) is 10.1. The van der Waals surface area contributed by atoms with Crippen LogP contribution in [0, 0.1) is 0 Å². The van der Waals surface area contributed by atoms with Crippen molar-refractivity contribution >= 4 is 40.0 Å². The van der Waals surface area contributed by atoms with Gasteiger partial charge in [0.15, 0.2) is 0 Å². The van der Waals surface area contributed by atoms with Crippen molar-refractivity contribution in [1.82, 2.24) is 9.88 Å². The summed E-state index contributed by atoms with van der Waals surface area (Å²) in [7, 11) is 1.56. The summed E-state index contributed by atoms with van der Waals surface area (Å²) in [5.41, 5.74) is 2.96. The number of aromatic amines is 1. The molecule has 2 fully saturated rings. The monoisotopic (exact) mass is 423 g/mol. The van der Waals surface area contributed by atoms with Gasteiger partial charge < -0.3 is 19.5 Å². The lowest BCUT2D eigenvalue weighted by atomic mass is 10.1. The fourth-order valence-corrected chi connectivity index (χ4v) is 4.97. The number of amides is 2. The average Bonchev–Trinajstić information content (AvgIpc) is 3.45. The van der Waals surface area contributed by atoms with Gasteiger partial charge in [0.1, 0.15) is 11.8 Å². The number of aromatic nitrogens is 1. The summed E-state index contributed by atoms with van der Waals surface area (Å²) in [4.78, 5) is 32.7. The molecule has 2 amide bonds. The van der Waals surface area contributed by atoms with E-state index in [1.54, 1.807) is 29.0 Å². The molecule has 0 aliphatic carbocycles. The van der Waals surface area contributed by atoms with Crippen LogP contribution in [-0.2, 0) is 16.0 Å². The van der Waals surface area contributed by atoms with Gasteiger partial charge in [0.25, 0.3) is 0 Å². The molecule has 2 aliphatic heterocycles. The number of H-pyrrole nitrogens is 1. The molecule has 2 aromatic carbocycles. The zero-order valence-electron chi connectivity index (χ0n) is 16.6. The predicted molar refractivity (Wildman–Crippen MR) is 116 cm³/mol. The van der Waals surface area contributed by atoms with E-state index in [2.05, 4.69) is 11.1 Å². The normalized spacial score (nSPS) is 20.4. The van der Waals surface area contributed by atoms with E-state index in [4.69, 9.17) is 16.3 Å². The number of likely N-dealkylation sites (tertiary alicyclic amines) is 1. The lowest BCUT2D eigenvalue weighted by molar-refractivity contribution is -0.138. The summed E-state index contributed by atoms with van der Waals surface area (Å²) >= 11 is 6.24. The maximum atomic E-state index is 13.0. The molecule has 2 aliphatic rings. The van der Waals surface area contributed by atoms with Crippen molar-refractivity contribution in [3.63, 3.8) is 0 Å². The van der Waals surface area contributed by atoms with Crippen molar-refractivity contribution in [2.75, 3.05) is 18.6 Å². The molecule has 0 saturated carbocycles. The van der Waals surface area contributed by atoms with Crippen molar-refractivity contribution in [2.24, 2.45) is 0 Å². The van der Waals surface area contributed by atoms with E-state index in [1.165, 1.54) is 0 Å². The molecule has 154 valence electrons. The lowest BCUT2D eigenvalue weighted by Gasteiger charge is -2.34. The number of carbonyl (C=O) groups is 2. The number of hydrogen-bond acceptors (Lipinski definition) is 3. The molecule has 6 nitrogen and oxygen atoms in total. The average molecular weight is 424 g/mol. The molecule has 2 saturated heterocycles. The summed E-state index contributed by atoms with van der Waals surface area (Å²) in [5.74, 6) is 0.577. The van der Waals surface area contributed by atoms with Crippen molar-refractivity contribution in [2.45, 2.75) is 31.3 Å². The van der Waals surface area contributed by atoms with Gasteiger partial charge in [-0.25, -0.2) is 0 Å². The van der Waals surface area contributed by atoms with Crippen molar-refractivity contribution in [3.8, 4) is 5.75 Å². The minimum atomic E-state index is -0.383. The second kappa shape index (κ2) is 7.36. The van der Waals surface area contributed by atoms with Crippen LogP contribution in [0.5, 0.6) is 5.75 Å². The van der Waals surface area contributed by atoms with Gasteiger partial charge in [-0.1, -0.05) is 29.8 Å². The molecule has 1 N–H and O–H groups in total. The number of benzene rings is 2. The predicted octanol–water partition coefficient (Wildman–Crippen LogP) is 3.78. The Kier molecular flexibility index (Phi) is 4.66. The Morgan fingerprint density at radius 1 is 1.27 bits per heavy atom. The molecule has 30 heavy (non-hydrogen) atoms. The summed E-state index contributed by atoms with van der Waals surface area (Å²) in [6, 6.07) is 13.0. The molecule has 3 aromatic rings. The van der Waals surface area contributed by atoms with E-state index in [0.29, 0.717) is 36.6 Å². The van der Waals surface area contributed by atoms with E-state index in [-0.39, 0.29) is 23.9 Å². The molecule has 5 rings (SSSR count). The van der Waals surface area contributed by atoms with Crippen LogP contribution < -0.4 is 9.64 Å². The van der Waals surface area contributed by atoms with E-state index in [9.17, 15) is 9.59 Å². The highest BCUT2D eigenvalue weighted by Gasteiger charge is 2.51. The number of nitrogens with one attached hydrogen (secondary N) is 1. The number of halogens is 1. The SMILES string of the molecule is COc1ccc(N2C(=O)[C@@H]3C[C@H]2CN3C(=O)CCc2c[nH]c3ccccc23)cc1Cl. The van der Waals surface area contributed by atoms with E-state index in [1.807, 2.05) is 30.5 Å². The third kappa shape index (κ3) is 3.03. The number of ether oxygens (including phenoxy) is 1. The van der Waals surface area contributed by atoms with E-state index < -0.39 is 0 Å². The fraction of sp³-hybridized carbons (Fsp3) is 0.304. The van der Waals surface area contributed by atoms with Crippen molar-refractivity contribution in [3.05, 3.63) is 59.2 Å². The first kappa shape index (κ1) is 19.0. The number of methoxy groups -OCH3 is 1. The molecule has 7 heteroatoms. The number of piperazine rings is 1. The topological polar surface area (TPSA) is 65.6 Å². The second-order valence-electron chi connectivity index (χ2n) is 7.84. The standard InChI is InChI=1S/C23H22ClN3O3/c1-30-21-8-7-15(10-18(21)24)27-16-11-20(23(27)29)26(13-16)22(28)9-6-14-12-25-19-5-3-2-4-17(14)19/h2-5,7-8,10,12,16,20,25H,6,9,11,13H2,1H3/t16-,20-/m0/s1. The number of rotatable bonds is 5. The zero-order chi connectivity index (χ0) is 20.8. The number of para-hydroxylation sites is 1. The number of fused-ring (bicyclic) bond motifs is 3. The number of aryl methyl sites for hydroxylation is 1. The van der Waals surface area contributed by atoms with Crippen LogP contribution in [0.2, 0.25) is 5.02 Å². The van der Waals surface area contributed by atoms with E-state index in [0.717, 1.165) is 22.2 Å². The van der Waals surface area contributed by atoms with Gasteiger partial charge >= 0.3 is 0 Å². The van der Waals surface area contributed by atoms with Gasteiger partial charge in [-0.2, -0.15) is 0 Å². The Balaban J connectivity index is 1.27. The van der Waals surface area contributed by atoms with Gasteiger partial charge in [0, 0.05) is 35.8 Å². The van der Waals surface area contributed by atoms with Gasteiger partial charge in [-0.3, -0.25) is 9.59 Å². The van der Waals surface area contributed by atoms with Gasteiger partial charge in [-0.15, -0.1) is 0 Å². The summed E-state index contributed by atoms with van der Waals surface area (Å²) in [5, 5.41) is 1.61. The minimum absolute atomic E-state index is 0.0102. The van der Waals surface area contributed by atoms with Crippen LogP contribution in [0.25, 0.3) is 10.9 Å². The quantitative estimate of drug-likeness (QED) is 0.679. The maximum Gasteiger partial charge on any atom is 0.250 e. The molecule has 0 unspecified atom stereocenters. The highest BCUT2D eigenvalue weighted by molar-refractivity contribution is 6.32. The zero-order valence-corrected chi connectivity index (χ0v) is 17.4. The van der Waals surface area contributed by atoms with Gasteiger partial charge in [0.2, 0.25) is 11.8 Å². The van der Waals surface area contributed by atoms with Gasteiger partial charge in [-0.05, 0) is 42.7 Å². The third-order valence-corrected chi connectivity index (χ3v) is 6.48. The minimum Gasteiger partial charge on any atom is -0.495 e. The molecule has 1 aromatic heterocycles. The first-order valence-corrected chi connectivity index (χ1v) is 10.5. The molecule has 0 spiro atoms. The maximum absolute atomic E-state index is 13.0. The number of nitrogens with zero attached hydrogens (tertiary/aromatic N) is 2. The van der Waals surface area contributed by atoms with Crippen LogP contribution >= 0.6 is 11.6 Å². The molecular weight excluding hydrogens is 402 g/mol. The fourth-order valence-electron chi connectivity index (χ4n) is 4.72. The Hall–Kier alpha value is -2.99. The Morgan fingerprint density at radius 3 is 2.87 bits per heavy atom. The third-order valence-electron chi connectivity index (χ3n) is 6.18. The second-order valence-corrected chi connectivity index (χ2v) is 8.25. The molecule has 2 atom stereocenters.